The highest BCUT2D eigenvalue weighted by atomic mass is 16.3. The molecule has 1 atom stereocenters. The van der Waals surface area contributed by atoms with Gasteiger partial charge in [-0.15, -0.1) is 0 Å². The number of imidazole rings is 1. The van der Waals surface area contributed by atoms with E-state index in [1.165, 1.54) is 0 Å². The third-order valence-corrected chi connectivity index (χ3v) is 3.69. The predicted octanol–water partition coefficient (Wildman–Crippen LogP) is 2.33. The second-order valence-electron chi connectivity index (χ2n) is 5.22. The van der Waals surface area contributed by atoms with Crippen LogP contribution in [-0.4, -0.2) is 27.5 Å². The van der Waals surface area contributed by atoms with Crippen LogP contribution in [0, 0.1) is 6.92 Å². The van der Waals surface area contributed by atoms with Crippen LogP contribution in [0.4, 0.5) is 0 Å². The Hall–Kier alpha value is -2.66. The number of carbonyl (C=O) groups is 1. The first-order valence-corrected chi connectivity index (χ1v) is 7.10. The van der Waals surface area contributed by atoms with Crippen LogP contribution in [0.3, 0.4) is 0 Å². The maximum atomic E-state index is 12.2. The van der Waals surface area contributed by atoms with Crippen molar-refractivity contribution in [2.45, 2.75) is 13.0 Å². The number of nitrogens with zero attached hydrogens (tertiary/aromatic N) is 1. The van der Waals surface area contributed by atoms with Crippen LogP contribution in [0.25, 0.3) is 11.0 Å². The Labute approximate surface area is 128 Å². The first-order valence-electron chi connectivity index (χ1n) is 7.10. The summed E-state index contributed by atoms with van der Waals surface area (Å²) in [5, 5.41) is 13.0. The number of aliphatic hydroxyl groups is 1. The molecule has 0 bridgehead atoms. The lowest BCUT2D eigenvalue weighted by Gasteiger charge is -2.14. The van der Waals surface area contributed by atoms with Gasteiger partial charge in [0.15, 0.2) is 0 Å². The van der Waals surface area contributed by atoms with E-state index in [2.05, 4.69) is 15.3 Å². The molecule has 3 aromatic rings. The molecule has 0 radical (unpaired) electrons. The Morgan fingerprint density at radius 1 is 1.32 bits per heavy atom. The summed E-state index contributed by atoms with van der Waals surface area (Å²) >= 11 is 0. The van der Waals surface area contributed by atoms with Gasteiger partial charge in [-0.3, -0.25) is 4.79 Å². The van der Waals surface area contributed by atoms with E-state index >= 15 is 0 Å². The summed E-state index contributed by atoms with van der Waals surface area (Å²) in [6, 6.07) is 12.9. The number of nitrogens with one attached hydrogen (secondary N) is 2. The topological polar surface area (TPSA) is 78.0 Å². The fourth-order valence-corrected chi connectivity index (χ4v) is 2.44. The van der Waals surface area contributed by atoms with Gasteiger partial charge in [0, 0.05) is 12.1 Å². The number of aromatic nitrogens is 2. The average molecular weight is 295 g/mol. The van der Waals surface area contributed by atoms with Gasteiger partial charge < -0.3 is 15.4 Å². The van der Waals surface area contributed by atoms with Crippen molar-refractivity contribution in [3.63, 3.8) is 0 Å². The Balaban J connectivity index is 1.68. The highest BCUT2D eigenvalue weighted by molar-refractivity contribution is 5.97. The van der Waals surface area contributed by atoms with Gasteiger partial charge in [-0.2, -0.15) is 0 Å². The number of hydrogen-bond donors (Lipinski definition) is 3. The van der Waals surface area contributed by atoms with Crippen LogP contribution >= 0.6 is 0 Å². The molecule has 1 aromatic heterocycles. The number of benzene rings is 2. The van der Waals surface area contributed by atoms with Gasteiger partial charge in [0.2, 0.25) is 0 Å². The number of hydrogen-bond acceptors (Lipinski definition) is 3. The maximum absolute atomic E-state index is 12.2. The molecule has 0 aliphatic heterocycles. The molecule has 0 spiro atoms. The summed E-state index contributed by atoms with van der Waals surface area (Å²) in [6.45, 7) is 2.11. The minimum absolute atomic E-state index is 0.171. The second-order valence-corrected chi connectivity index (χ2v) is 5.22. The molecule has 5 heteroatoms. The lowest BCUT2D eigenvalue weighted by atomic mass is 10.0. The number of aromatic amines is 1. The lowest BCUT2D eigenvalue weighted by Crippen LogP contribution is -2.28. The quantitative estimate of drug-likeness (QED) is 0.691. The van der Waals surface area contributed by atoms with E-state index in [0.29, 0.717) is 5.56 Å². The summed E-state index contributed by atoms with van der Waals surface area (Å²) < 4.78 is 0. The molecule has 0 saturated carbocycles. The fraction of sp³-hybridized carbons (Fsp3) is 0.176. The molecular formula is C17H17N3O2. The molecule has 1 heterocycles. The Morgan fingerprint density at radius 2 is 2.14 bits per heavy atom. The molecule has 0 saturated heterocycles. The van der Waals surface area contributed by atoms with Crippen molar-refractivity contribution in [2.75, 3.05) is 6.54 Å². The van der Waals surface area contributed by atoms with E-state index in [0.717, 1.165) is 22.2 Å². The van der Waals surface area contributed by atoms with Crippen molar-refractivity contribution in [1.29, 1.82) is 0 Å². The highest BCUT2D eigenvalue weighted by Gasteiger charge is 2.13. The van der Waals surface area contributed by atoms with Crippen LogP contribution in [0.5, 0.6) is 0 Å². The van der Waals surface area contributed by atoms with Crippen molar-refractivity contribution in [3.05, 3.63) is 65.5 Å². The van der Waals surface area contributed by atoms with Crippen molar-refractivity contribution in [2.24, 2.45) is 0 Å². The number of carbonyl (C=O) groups excluding carboxylic acids is 1. The largest absolute Gasteiger partial charge is 0.387 e. The number of fused-ring (bicyclic) bond motifs is 1. The van der Waals surface area contributed by atoms with Crippen LogP contribution in [0.1, 0.15) is 27.6 Å². The predicted molar refractivity (Wildman–Crippen MR) is 84.6 cm³/mol. The summed E-state index contributed by atoms with van der Waals surface area (Å²) in [4.78, 5) is 19.3. The zero-order valence-electron chi connectivity index (χ0n) is 12.2. The SMILES string of the molecule is Cc1ccccc1[C@H](O)CNC(=O)c1ccc2nc[nH]c2c1. The third-order valence-electron chi connectivity index (χ3n) is 3.69. The summed E-state index contributed by atoms with van der Waals surface area (Å²) in [7, 11) is 0. The number of H-pyrrole nitrogens is 1. The monoisotopic (exact) mass is 295 g/mol. The van der Waals surface area contributed by atoms with Gasteiger partial charge in [0.25, 0.3) is 5.91 Å². The fourth-order valence-electron chi connectivity index (χ4n) is 2.44. The van der Waals surface area contributed by atoms with E-state index in [-0.39, 0.29) is 12.5 Å². The summed E-state index contributed by atoms with van der Waals surface area (Å²) in [5.41, 5.74) is 3.99. The lowest BCUT2D eigenvalue weighted by molar-refractivity contribution is 0.0916. The smallest absolute Gasteiger partial charge is 0.251 e. The van der Waals surface area contributed by atoms with Crippen LogP contribution in [0.15, 0.2) is 48.8 Å². The minimum atomic E-state index is -0.721. The third kappa shape index (κ3) is 2.84. The van der Waals surface area contributed by atoms with Crippen LogP contribution < -0.4 is 5.32 Å². The van der Waals surface area contributed by atoms with Gasteiger partial charge in [-0.25, -0.2) is 4.98 Å². The van der Waals surface area contributed by atoms with Gasteiger partial charge in [-0.05, 0) is 36.2 Å². The van der Waals surface area contributed by atoms with E-state index in [4.69, 9.17) is 0 Å². The number of aryl methyl sites for hydroxylation is 1. The standard InChI is InChI=1S/C17H17N3O2/c1-11-4-2-3-5-13(11)16(21)9-18-17(22)12-6-7-14-15(8-12)20-10-19-14/h2-8,10,16,21H,9H2,1H3,(H,18,22)(H,19,20)/t16-/m1/s1. The van der Waals surface area contributed by atoms with E-state index in [9.17, 15) is 9.90 Å². The molecule has 3 N–H and O–H groups in total. The van der Waals surface area contributed by atoms with Gasteiger partial charge in [0.05, 0.1) is 23.5 Å². The van der Waals surface area contributed by atoms with Crippen molar-refractivity contribution in [3.8, 4) is 0 Å². The average Bonchev–Trinajstić information content (AvgIpc) is 3.00. The zero-order valence-corrected chi connectivity index (χ0v) is 12.2. The normalized spacial score (nSPS) is 12.3. The first kappa shape index (κ1) is 14.3. The van der Waals surface area contributed by atoms with Gasteiger partial charge in [0.1, 0.15) is 0 Å². The van der Waals surface area contributed by atoms with Gasteiger partial charge >= 0.3 is 0 Å². The molecule has 3 rings (SSSR count). The minimum Gasteiger partial charge on any atom is -0.387 e. The maximum Gasteiger partial charge on any atom is 0.251 e. The molecule has 2 aromatic carbocycles. The molecule has 0 aliphatic rings. The molecule has 0 aliphatic carbocycles. The Bertz CT molecular complexity index is 810. The van der Waals surface area contributed by atoms with Gasteiger partial charge in [-0.1, -0.05) is 24.3 Å². The highest BCUT2D eigenvalue weighted by Crippen LogP contribution is 2.17. The van der Waals surface area contributed by atoms with Crippen LogP contribution in [-0.2, 0) is 0 Å². The molecule has 1 amide bonds. The molecule has 112 valence electrons. The number of aliphatic hydroxyl groups excluding tert-OH is 1. The van der Waals surface area contributed by atoms with E-state index in [1.807, 2.05) is 31.2 Å². The summed E-state index contributed by atoms with van der Waals surface area (Å²) in [5.74, 6) is -0.218. The Morgan fingerprint density at radius 3 is 2.95 bits per heavy atom. The summed E-state index contributed by atoms with van der Waals surface area (Å²) in [6.07, 6.45) is 0.870. The molecule has 22 heavy (non-hydrogen) atoms. The van der Waals surface area contributed by atoms with Crippen molar-refractivity contribution in [1.82, 2.24) is 15.3 Å². The second kappa shape index (κ2) is 5.99. The molecule has 0 unspecified atom stereocenters. The first-order chi connectivity index (χ1) is 10.6. The molecular weight excluding hydrogens is 278 g/mol. The van der Waals surface area contributed by atoms with E-state index in [1.54, 1.807) is 24.5 Å². The van der Waals surface area contributed by atoms with E-state index < -0.39 is 6.10 Å². The Kier molecular flexibility index (Phi) is 3.89. The number of rotatable bonds is 4. The number of amides is 1. The molecule has 0 fully saturated rings. The van der Waals surface area contributed by atoms with Crippen LogP contribution in [0.2, 0.25) is 0 Å². The van der Waals surface area contributed by atoms with Crippen molar-refractivity contribution >= 4 is 16.9 Å². The van der Waals surface area contributed by atoms with Crippen molar-refractivity contribution < 1.29 is 9.90 Å². The zero-order chi connectivity index (χ0) is 15.5. The molecule has 5 nitrogen and oxygen atoms in total.